The maximum atomic E-state index is 10.5. The van der Waals surface area contributed by atoms with E-state index < -0.39 is 4.92 Å². The van der Waals surface area contributed by atoms with E-state index in [4.69, 9.17) is 5.73 Å². The predicted octanol–water partition coefficient (Wildman–Crippen LogP) is 1.69. The van der Waals surface area contributed by atoms with Crippen LogP contribution in [0, 0.1) is 23.0 Å². The Morgan fingerprint density at radius 1 is 1.59 bits per heavy atom. The van der Waals surface area contributed by atoms with Crippen molar-refractivity contribution in [2.24, 2.45) is 11.7 Å². The molecule has 17 heavy (non-hydrogen) atoms. The average Bonchev–Trinajstić information content (AvgIpc) is 2.26. The molecule has 0 aliphatic rings. The number of nitrogens with zero attached hydrogens (tertiary/aromatic N) is 2. The van der Waals surface area contributed by atoms with E-state index in [0.717, 1.165) is 5.56 Å². The summed E-state index contributed by atoms with van der Waals surface area (Å²) in [6, 6.07) is 1.53. The van der Waals surface area contributed by atoms with Crippen LogP contribution in [0.3, 0.4) is 0 Å². The molecule has 0 aromatic carbocycles. The molecule has 6 nitrogen and oxygen atoms in total. The van der Waals surface area contributed by atoms with E-state index in [9.17, 15) is 10.1 Å². The number of nitrogens with one attached hydrogen (secondary N) is 1. The molecule has 1 aromatic rings. The Kier molecular flexibility index (Phi) is 4.39. The summed E-state index contributed by atoms with van der Waals surface area (Å²) in [5, 5.41) is 13.6. The number of aryl methyl sites for hydroxylation is 1. The van der Waals surface area contributed by atoms with Crippen LogP contribution in [-0.2, 0) is 0 Å². The average molecular weight is 238 g/mol. The minimum Gasteiger partial charge on any atom is -0.368 e. The van der Waals surface area contributed by atoms with Crippen molar-refractivity contribution in [3.8, 4) is 0 Å². The molecule has 1 atom stereocenters. The Hall–Kier alpha value is -1.69. The molecule has 1 aromatic heterocycles. The standard InChI is InChI=1S/C11H18N4O2/c1-7(2)10(12)6-14-11-8(3)4-9(5-13-11)15(16)17/h4-5,7,10H,6,12H2,1-3H3,(H,13,14). The van der Waals surface area contributed by atoms with Crippen LogP contribution in [0.15, 0.2) is 12.3 Å². The number of nitrogens with two attached hydrogens (primary N) is 1. The molecule has 0 fully saturated rings. The SMILES string of the molecule is Cc1cc([N+](=O)[O-])cnc1NCC(N)C(C)C. The Labute approximate surface area is 100 Å². The van der Waals surface area contributed by atoms with Crippen molar-refractivity contribution in [3.63, 3.8) is 0 Å². The van der Waals surface area contributed by atoms with Gasteiger partial charge in [0.25, 0.3) is 5.69 Å². The zero-order chi connectivity index (χ0) is 13.0. The highest BCUT2D eigenvalue weighted by Gasteiger charge is 2.11. The summed E-state index contributed by atoms with van der Waals surface area (Å²) in [7, 11) is 0. The van der Waals surface area contributed by atoms with E-state index >= 15 is 0 Å². The Morgan fingerprint density at radius 3 is 2.71 bits per heavy atom. The number of hydrogen-bond acceptors (Lipinski definition) is 5. The minimum absolute atomic E-state index is 0.00112. The van der Waals surface area contributed by atoms with Crippen LogP contribution >= 0.6 is 0 Å². The summed E-state index contributed by atoms with van der Waals surface area (Å²) in [6.45, 7) is 6.47. The van der Waals surface area contributed by atoms with Gasteiger partial charge >= 0.3 is 0 Å². The number of hydrogen-bond donors (Lipinski definition) is 2. The maximum absolute atomic E-state index is 10.5. The zero-order valence-corrected chi connectivity index (χ0v) is 10.3. The molecule has 94 valence electrons. The van der Waals surface area contributed by atoms with Crippen LogP contribution < -0.4 is 11.1 Å². The summed E-state index contributed by atoms with van der Waals surface area (Å²) in [5.41, 5.74) is 6.64. The second kappa shape index (κ2) is 5.58. The van der Waals surface area contributed by atoms with Gasteiger partial charge < -0.3 is 11.1 Å². The van der Waals surface area contributed by atoms with Crippen molar-refractivity contribution >= 4 is 11.5 Å². The third kappa shape index (κ3) is 3.67. The lowest BCUT2D eigenvalue weighted by Crippen LogP contribution is -2.34. The lowest BCUT2D eigenvalue weighted by atomic mass is 10.1. The monoisotopic (exact) mass is 238 g/mol. The Morgan fingerprint density at radius 2 is 2.24 bits per heavy atom. The molecule has 0 radical (unpaired) electrons. The quantitative estimate of drug-likeness (QED) is 0.601. The highest BCUT2D eigenvalue weighted by Crippen LogP contribution is 2.17. The van der Waals surface area contributed by atoms with Crippen molar-refractivity contribution in [2.75, 3.05) is 11.9 Å². The van der Waals surface area contributed by atoms with Crippen molar-refractivity contribution in [3.05, 3.63) is 27.9 Å². The fourth-order valence-electron chi connectivity index (χ4n) is 1.30. The third-order valence-corrected chi connectivity index (χ3v) is 2.64. The summed E-state index contributed by atoms with van der Waals surface area (Å²) in [4.78, 5) is 14.1. The second-order valence-electron chi connectivity index (χ2n) is 4.40. The maximum Gasteiger partial charge on any atom is 0.287 e. The summed E-state index contributed by atoms with van der Waals surface area (Å²) < 4.78 is 0. The molecular weight excluding hydrogens is 220 g/mol. The summed E-state index contributed by atoms with van der Waals surface area (Å²) in [6.07, 6.45) is 1.25. The van der Waals surface area contributed by atoms with Crippen LogP contribution in [0.2, 0.25) is 0 Å². The molecule has 3 N–H and O–H groups in total. The topological polar surface area (TPSA) is 94.1 Å². The van der Waals surface area contributed by atoms with Gasteiger partial charge in [0.05, 0.1) is 4.92 Å². The van der Waals surface area contributed by atoms with Gasteiger partial charge in [0.2, 0.25) is 0 Å². The third-order valence-electron chi connectivity index (χ3n) is 2.64. The van der Waals surface area contributed by atoms with Gasteiger partial charge in [0, 0.05) is 18.7 Å². The van der Waals surface area contributed by atoms with Crippen LogP contribution in [0.5, 0.6) is 0 Å². The Balaban J connectivity index is 2.70. The molecule has 6 heteroatoms. The van der Waals surface area contributed by atoms with Gasteiger partial charge in [-0.3, -0.25) is 10.1 Å². The van der Waals surface area contributed by atoms with Gasteiger partial charge in [-0.1, -0.05) is 13.8 Å². The summed E-state index contributed by atoms with van der Waals surface area (Å²) in [5.74, 6) is 1.02. The van der Waals surface area contributed by atoms with Crippen LogP contribution in [0.4, 0.5) is 11.5 Å². The molecular formula is C11H18N4O2. The van der Waals surface area contributed by atoms with Gasteiger partial charge in [-0.25, -0.2) is 4.98 Å². The van der Waals surface area contributed by atoms with Crippen LogP contribution in [0.1, 0.15) is 19.4 Å². The van der Waals surface area contributed by atoms with Gasteiger partial charge in [0.1, 0.15) is 12.0 Å². The first-order valence-corrected chi connectivity index (χ1v) is 5.52. The van der Waals surface area contributed by atoms with Crippen LogP contribution in [0.25, 0.3) is 0 Å². The number of nitro groups is 1. The highest BCUT2D eigenvalue weighted by molar-refractivity contribution is 5.48. The van der Waals surface area contributed by atoms with E-state index in [1.54, 1.807) is 6.92 Å². The fraction of sp³-hybridized carbons (Fsp3) is 0.545. The predicted molar refractivity (Wildman–Crippen MR) is 66.9 cm³/mol. The normalized spacial score (nSPS) is 12.5. The first kappa shape index (κ1) is 13.4. The molecule has 1 rings (SSSR count). The van der Waals surface area contributed by atoms with Crippen molar-refractivity contribution < 1.29 is 4.92 Å². The zero-order valence-electron chi connectivity index (χ0n) is 10.3. The first-order chi connectivity index (χ1) is 7.91. The summed E-state index contributed by atoms with van der Waals surface area (Å²) >= 11 is 0. The van der Waals surface area contributed by atoms with E-state index in [1.165, 1.54) is 12.3 Å². The molecule has 1 unspecified atom stereocenters. The molecule has 0 amide bonds. The number of anilines is 1. The Bertz CT molecular complexity index is 406. The van der Waals surface area contributed by atoms with E-state index in [0.29, 0.717) is 18.3 Å². The van der Waals surface area contributed by atoms with Gasteiger partial charge in [0.15, 0.2) is 0 Å². The molecule has 0 spiro atoms. The van der Waals surface area contributed by atoms with E-state index in [1.807, 2.05) is 13.8 Å². The van der Waals surface area contributed by atoms with Crippen molar-refractivity contribution in [2.45, 2.75) is 26.8 Å². The van der Waals surface area contributed by atoms with E-state index in [-0.39, 0.29) is 11.7 Å². The molecule has 0 saturated heterocycles. The van der Waals surface area contributed by atoms with Gasteiger partial charge in [-0.2, -0.15) is 0 Å². The number of aromatic nitrogens is 1. The molecule has 0 saturated carbocycles. The molecule has 0 aliphatic carbocycles. The number of pyridine rings is 1. The lowest BCUT2D eigenvalue weighted by molar-refractivity contribution is -0.385. The lowest BCUT2D eigenvalue weighted by Gasteiger charge is -2.17. The van der Waals surface area contributed by atoms with Gasteiger partial charge in [-0.05, 0) is 18.4 Å². The smallest absolute Gasteiger partial charge is 0.287 e. The first-order valence-electron chi connectivity index (χ1n) is 5.52. The second-order valence-corrected chi connectivity index (χ2v) is 4.40. The van der Waals surface area contributed by atoms with Crippen molar-refractivity contribution in [1.82, 2.24) is 4.98 Å². The van der Waals surface area contributed by atoms with Gasteiger partial charge in [-0.15, -0.1) is 0 Å². The number of rotatable bonds is 5. The van der Waals surface area contributed by atoms with Crippen LogP contribution in [-0.4, -0.2) is 22.5 Å². The molecule has 0 aliphatic heterocycles. The molecule has 0 bridgehead atoms. The fourth-order valence-corrected chi connectivity index (χ4v) is 1.30. The minimum atomic E-state index is -0.455. The van der Waals surface area contributed by atoms with Crippen molar-refractivity contribution in [1.29, 1.82) is 0 Å². The van der Waals surface area contributed by atoms with E-state index in [2.05, 4.69) is 10.3 Å². The largest absolute Gasteiger partial charge is 0.368 e. The highest BCUT2D eigenvalue weighted by atomic mass is 16.6. The molecule has 1 heterocycles.